The third-order valence-corrected chi connectivity index (χ3v) is 4.74. The first kappa shape index (κ1) is 15.9. The van der Waals surface area contributed by atoms with Gasteiger partial charge in [-0.25, -0.2) is 4.98 Å². The third kappa shape index (κ3) is 3.28. The second-order valence-corrected chi connectivity index (χ2v) is 6.96. The zero-order chi connectivity index (χ0) is 17.2. The SMILES string of the molecule is Cc1ccc(-c2[nH]c(-c3ccccc3)nc2-c2ccc(Br)cc2)cc1. The van der Waals surface area contributed by atoms with E-state index in [1.54, 1.807) is 0 Å². The van der Waals surface area contributed by atoms with Crippen molar-refractivity contribution in [3.05, 3.63) is 88.9 Å². The van der Waals surface area contributed by atoms with Gasteiger partial charge in [-0.2, -0.15) is 0 Å². The smallest absolute Gasteiger partial charge is 0.138 e. The average Bonchev–Trinajstić information content (AvgIpc) is 3.09. The summed E-state index contributed by atoms with van der Waals surface area (Å²) in [6.45, 7) is 2.10. The summed E-state index contributed by atoms with van der Waals surface area (Å²) >= 11 is 3.50. The third-order valence-electron chi connectivity index (χ3n) is 4.21. The Morgan fingerprint density at radius 1 is 0.720 bits per heavy atom. The highest BCUT2D eigenvalue weighted by molar-refractivity contribution is 9.10. The number of nitrogens with one attached hydrogen (secondary N) is 1. The van der Waals surface area contributed by atoms with Crippen molar-refractivity contribution in [3.8, 4) is 33.9 Å². The molecule has 0 aliphatic heterocycles. The summed E-state index contributed by atoms with van der Waals surface area (Å²) in [5, 5.41) is 0. The van der Waals surface area contributed by atoms with Gasteiger partial charge in [-0.15, -0.1) is 0 Å². The first-order chi connectivity index (χ1) is 12.2. The minimum absolute atomic E-state index is 0.883. The number of hydrogen-bond acceptors (Lipinski definition) is 1. The van der Waals surface area contributed by atoms with Crippen LogP contribution in [0.25, 0.3) is 33.9 Å². The molecule has 0 saturated carbocycles. The van der Waals surface area contributed by atoms with Crippen molar-refractivity contribution in [2.45, 2.75) is 6.92 Å². The Morgan fingerprint density at radius 3 is 2.04 bits per heavy atom. The zero-order valence-corrected chi connectivity index (χ0v) is 15.4. The predicted octanol–water partition coefficient (Wildman–Crippen LogP) is 6.48. The normalized spacial score (nSPS) is 10.8. The van der Waals surface area contributed by atoms with Crippen LogP contribution < -0.4 is 0 Å². The quantitative estimate of drug-likeness (QED) is 0.427. The van der Waals surface area contributed by atoms with Crippen molar-refractivity contribution in [1.82, 2.24) is 9.97 Å². The molecule has 0 saturated heterocycles. The van der Waals surface area contributed by atoms with E-state index in [-0.39, 0.29) is 0 Å². The lowest BCUT2D eigenvalue weighted by Gasteiger charge is -2.04. The van der Waals surface area contributed by atoms with Gasteiger partial charge in [0.15, 0.2) is 0 Å². The Kier molecular flexibility index (Phi) is 4.24. The van der Waals surface area contributed by atoms with E-state index >= 15 is 0 Å². The lowest BCUT2D eigenvalue weighted by Crippen LogP contribution is -1.84. The van der Waals surface area contributed by atoms with E-state index in [0.717, 1.165) is 38.4 Å². The number of nitrogens with zero attached hydrogens (tertiary/aromatic N) is 1. The molecule has 0 radical (unpaired) electrons. The molecule has 1 heterocycles. The second-order valence-electron chi connectivity index (χ2n) is 6.05. The van der Waals surface area contributed by atoms with Crippen molar-refractivity contribution in [3.63, 3.8) is 0 Å². The monoisotopic (exact) mass is 388 g/mol. The topological polar surface area (TPSA) is 28.7 Å². The molecule has 0 spiro atoms. The van der Waals surface area contributed by atoms with Crippen LogP contribution in [0.15, 0.2) is 83.3 Å². The molecule has 0 atom stereocenters. The van der Waals surface area contributed by atoms with Gasteiger partial charge >= 0.3 is 0 Å². The number of aromatic amines is 1. The molecular weight excluding hydrogens is 372 g/mol. The minimum Gasteiger partial charge on any atom is -0.337 e. The van der Waals surface area contributed by atoms with Crippen LogP contribution in [0.1, 0.15) is 5.56 Å². The molecule has 0 aliphatic carbocycles. The Balaban J connectivity index is 1.89. The van der Waals surface area contributed by atoms with Crippen LogP contribution in [-0.4, -0.2) is 9.97 Å². The maximum absolute atomic E-state index is 4.91. The van der Waals surface area contributed by atoms with Crippen molar-refractivity contribution in [2.75, 3.05) is 0 Å². The maximum Gasteiger partial charge on any atom is 0.138 e. The standard InChI is InChI=1S/C22H17BrN2/c1-15-7-9-16(10-8-15)20-21(17-11-13-19(23)14-12-17)25-22(24-20)18-5-3-2-4-6-18/h2-14H,1H3,(H,24,25). The van der Waals surface area contributed by atoms with E-state index in [0.29, 0.717) is 0 Å². The van der Waals surface area contributed by atoms with Crippen molar-refractivity contribution in [2.24, 2.45) is 0 Å². The molecule has 2 nitrogen and oxygen atoms in total. The van der Waals surface area contributed by atoms with Gasteiger partial charge in [-0.05, 0) is 19.1 Å². The summed E-state index contributed by atoms with van der Waals surface area (Å²) in [5.74, 6) is 0.883. The zero-order valence-electron chi connectivity index (χ0n) is 13.8. The first-order valence-corrected chi connectivity index (χ1v) is 8.98. The molecular formula is C22H17BrN2. The molecule has 3 heteroatoms. The summed E-state index contributed by atoms with van der Waals surface area (Å²) in [6, 6.07) is 27.0. The molecule has 0 fully saturated rings. The van der Waals surface area contributed by atoms with Crippen LogP contribution in [0, 0.1) is 6.92 Å². The number of hydrogen-bond donors (Lipinski definition) is 1. The molecule has 4 rings (SSSR count). The number of benzene rings is 3. The maximum atomic E-state index is 4.91. The highest BCUT2D eigenvalue weighted by Gasteiger charge is 2.15. The molecule has 0 aliphatic rings. The molecule has 4 aromatic rings. The largest absolute Gasteiger partial charge is 0.337 e. The van der Waals surface area contributed by atoms with Gasteiger partial charge in [-0.3, -0.25) is 0 Å². The summed E-state index contributed by atoms with van der Waals surface area (Å²) < 4.78 is 1.06. The molecule has 0 amide bonds. The van der Waals surface area contributed by atoms with E-state index in [1.165, 1.54) is 5.56 Å². The van der Waals surface area contributed by atoms with Crippen LogP contribution in [0.5, 0.6) is 0 Å². The van der Waals surface area contributed by atoms with Crippen LogP contribution in [-0.2, 0) is 0 Å². The van der Waals surface area contributed by atoms with Gasteiger partial charge in [0.2, 0.25) is 0 Å². The van der Waals surface area contributed by atoms with E-state index in [4.69, 9.17) is 4.98 Å². The number of rotatable bonds is 3. The number of H-pyrrole nitrogens is 1. The predicted molar refractivity (Wildman–Crippen MR) is 107 cm³/mol. The Morgan fingerprint density at radius 2 is 1.36 bits per heavy atom. The Labute approximate surface area is 155 Å². The number of aromatic nitrogens is 2. The van der Waals surface area contributed by atoms with Gasteiger partial charge in [-0.1, -0.05) is 88.2 Å². The van der Waals surface area contributed by atoms with Crippen LogP contribution in [0.3, 0.4) is 0 Å². The summed E-state index contributed by atoms with van der Waals surface area (Å²) in [4.78, 5) is 8.43. The average molecular weight is 389 g/mol. The molecule has 122 valence electrons. The molecule has 0 unspecified atom stereocenters. The van der Waals surface area contributed by atoms with Crippen LogP contribution in [0.4, 0.5) is 0 Å². The summed E-state index contributed by atoms with van der Waals surface area (Å²) in [6.07, 6.45) is 0. The van der Waals surface area contributed by atoms with Gasteiger partial charge in [0.1, 0.15) is 5.82 Å². The second kappa shape index (κ2) is 6.69. The van der Waals surface area contributed by atoms with Gasteiger partial charge in [0, 0.05) is 21.2 Å². The summed E-state index contributed by atoms with van der Waals surface area (Å²) in [7, 11) is 0. The molecule has 0 bridgehead atoms. The minimum atomic E-state index is 0.883. The molecule has 1 aromatic heterocycles. The number of aryl methyl sites for hydroxylation is 1. The lowest BCUT2D eigenvalue weighted by molar-refractivity contribution is 1.31. The summed E-state index contributed by atoms with van der Waals surface area (Å²) in [5.41, 5.74) is 6.57. The van der Waals surface area contributed by atoms with Crippen molar-refractivity contribution >= 4 is 15.9 Å². The fraction of sp³-hybridized carbons (Fsp3) is 0.0455. The Bertz CT molecular complexity index is 922. The van der Waals surface area contributed by atoms with Crippen LogP contribution in [0.2, 0.25) is 0 Å². The number of halogens is 1. The van der Waals surface area contributed by atoms with E-state index in [1.807, 2.05) is 30.3 Å². The van der Waals surface area contributed by atoms with Gasteiger partial charge < -0.3 is 4.98 Å². The van der Waals surface area contributed by atoms with E-state index in [2.05, 4.69) is 76.4 Å². The van der Waals surface area contributed by atoms with Gasteiger partial charge in [0.25, 0.3) is 0 Å². The van der Waals surface area contributed by atoms with Crippen molar-refractivity contribution in [1.29, 1.82) is 0 Å². The van der Waals surface area contributed by atoms with E-state index < -0.39 is 0 Å². The van der Waals surface area contributed by atoms with Gasteiger partial charge in [0.05, 0.1) is 11.4 Å². The highest BCUT2D eigenvalue weighted by atomic mass is 79.9. The fourth-order valence-electron chi connectivity index (χ4n) is 2.85. The van der Waals surface area contributed by atoms with E-state index in [9.17, 15) is 0 Å². The molecule has 3 aromatic carbocycles. The molecule has 25 heavy (non-hydrogen) atoms. The van der Waals surface area contributed by atoms with Crippen LogP contribution >= 0.6 is 15.9 Å². The first-order valence-electron chi connectivity index (χ1n) is 8.19. The Hall–Kier alpha value is -2.65. The lowest BCUT2D eigenvalue weighted by atomic mass is 10.0. The fourth-order valence-corrected chi connectivity index (χ4v) is 3.12. The number of imidazole rings is 1. The van der Waals surface area contributed by atoms with Crippen molar-refractivity contribution < 1.29 is 0 Å². The highest BCUT2D eigenvalue weighted by Crippen LogP contribution is 2.33. The molecule has 1 N–H and O–H groups in total.